The number of hydrogen-bond acceptors (Lipinski definition) is 6. The van der Waals surface area contributed by atoms with Crippen molar-refractivity contribution in [3.8, 4) is 0 Å². The molecule has 1 amide bonds. The number of ether oxygens (including phenoxy) is 1. The van der Waals surface area contributed by atoms with Crippen LogP contribution in [0.15, 0.2) is 115 Å². The normalized spacial score (nSPS) is 12.7. The minimum absolute atomic E-state index is 0.0639. The maximum absolute atomic E-state index is 13.3. The zero-order valence-electron chi connectivity index (χ0n) is 23.0. The van der Waals surface area contributed by atoms with Crippen molar-refractivity contribution in [3.05, 3.63) is 131 Å². The molecule has 4 aromatic carbocycles. The molecule has 0 unspecified atom stereocenters. The number of carbonyl (C=O) groups excluding carboxylic acids is 2. The van der Waals surface area contributed by atoms with E-state index < -0.39 is 41.0 Å². The molecule has 222 valence electrons. The van der Waals surface area contributed by atoms with Crippen molar-refractivity contribution in [2.24, 2.45) is 0 Å². The zero-order valence-corrected chi connectivity index (χ0v) is 25.4. The number of aliphatic hydroxyl groups is 1. The Bertz CT molecular complexity index is 1410. The second kappa shape index (κ2) is 15.1. The van der Waals surface area contributed by atoms with Gasteiger partial charge in [-0.2, -0.15) is 0 Å². The minimum Gasteiger partial charge on any atom is -0.463 e. The van der Waals surface area contributed by atoms with Crippen molar-refractivity contribution in [3.63, 3.8) is 0 Å². The molecule has 43 heavy (non-hydrogen) atoms. The number of nitrogens with one attached hydrogen (secondary N) is 1. The predicted molar refractivity (Wildman–Crippen MR) is 171 cm³/mol. The quantitative estimate of drug-likeness (QED) is 0.0710. The predicted octanol–water partition coefficient (Wildman–Crippen LogP) is 4.84. The summed E-state index contributed by atoms with van der Waals surface area (Å²) >= 11 is 11.4. The fraction of sp³-hybridized carbons (Fsp3) is 0.188. The van der Waals surface area contributed by atoms with Crippen LogP contribution in [-0.2, 0) is 14.3 Å². The van der Waals surface area contributed by atoms with E-state index in [0.29, 0.717) is 6.16 Å². The molecular formula is C32H30Cl2N2O6P+. The number of esters is 1. The van der Waals surface area contributed by atoms with E-state index in [1.165, 1.54) is 24.3 Å². The van der Waals surface area contributed by atoms with Gasteiger partial charge in [0.1, 0.15) is 35.9 Å². The standard InChI is InChI=1S/C32H29Cl2N2O6P/c33-31(34)32(39)35-28(30(38)23-16-18-24(19-17-23)36(40)41)22-42-29(37)20-21-43(25-10-4-1-5-11-25,26-12-6-2-7-13-26)27-14-8-3-9-15-27/h1-19,28,30-31,38H,20-22H2/p+1/t28-,30+/m0/s1. The van der Waals surface area contributed by atoms with Crippen molar-refractivity contribution < 1.29 is 24.4 Å². The first kappa shape index (κ1) is 32.1. The van der Waals surface area contributed by atoms with Gasteiger partial charge >= 0.3 is 5.97 Å². The molecule has 0 bridgehead atoms. The summed E-state index contributed by atoms with van der Waals surface area (Å²) in [5, 5.41) is 27.9. The Morgan fingerprint density at radius 1 is 0.814 bits per heavy atom. The van der Waals surface area contributed by atoms with Crippen molar-refractivity contribution in [2.45, 2.75) is 23.4 Å². The fourth-order valence-electron chi connectivity index (χ4n) is 4.88. The van der Waals surface area contributed by atoms with E-state index in [0.717, 1.165) is 15.9 Å². The van der Waals surface area contributed by atoms with Crippen LogP contribution in [0.5, 0.6) is 0 Å². The third-order valence-electron chi connectivity index (χ3n) is 7.02. The number of nitro benzene ring substituents is 1. The Kier molecular flexibility index (Phi) is 11.3. The number of hydrogen-bond donors (Lipinski definition) is 2. The molecule has 0 aliphatic carbocycles. The molecule has 0 radical (unpaired) electrons. The van der Waals surface area contributed by atoms with Crippen LogP contribution in [0.25, 0.3) is 0 Å². The Morgan fingerprint density at radius 2 is 1.28 bits per heavy atom. The van der Waals surface area contributed by atoms with E-state index in [1.807, 2.05) is 54.6 Å². The molecule has 0 heterocycles. The number of amides is 1. The van der Waals surface area contributed by atoms with Gasteiger partial charge in [0.25, 0.3) is 11.6 Å². The SMILES string of the molecule is O=C(CC[P+](c1ccccc1)(c1ccccc1)c1ccccc1)OC[C@H](NC(=O)C(Cl)Cl)[C@H](O)c1ccc([N+](=O)[O-])cc1. The van der Waals surface area contributed by atoms with E-state index in [1.54, 1.807) is 0 Å². The monoisotopic (exact) mass is 639 g/mol. The number of nitro groups is 1. The van der Waals surface area contributed by atoms with Gasteiger partial charge in [-0.1, -0.05) is 77.8 Å². The molecule has 4 aromatic rings. The van der Waals surface area contributed by atoms with Crippen LogP contribution in [-0.4, -0.2) is 45.6 Å². The largest absolute Gasteiger partial charge is 0.463 e. The Labute approximate surface area is 260 Å². The molecule has 0 aliphatic rings. The molecule has 0 fully saturated rings. The number of aliphatic hydroxyl groups excluding tert-OH is 1. The van der Waals surface area contributed by atoms with Gasteiger partial charge in [0.05, 0.1) is 23.5 Å². The van der Waals surface area contributed by atoms with Crippen LogP contribution in [0.2, 0.25) is 0 Å². The second-order valence-corrected chi connectivity index (χ2v) is 14.4. The lowest BCUT2D eigenvalue weighted by atomic mass is 10.0. The van der Waals surface area contributed by atoms with E-state index >= 15 is 0 Å². The number of benzene rings is 4. The first-order valence-electron chi connectivity index (χ1n) is 13.4. The number of rotatable bonds is 13. The molecule has 0 saturated carbocycles. The van der Waals surface area contributed by atoms with Crippen molar-refractivity contribution in [2.75, 3.05) is 12.8 Å². The average molecular weight is 640 g/mol. The topological polar surface area (TPSA) is 119 Å². The molecule has 2 atom stereocenters. The highest BCUT2D eigenvalue weighted by molar-refractivity contribution is 7.95. The number of non-ortho nitro benzene ring substituents is 1. The van der Waals surface area contributed by atoms with Crippen LogP contribution in [0.4, 0.5) is 5.69 Å². The average Bonchev–Trinajstić information content (AvgIpc) is 3.04. The van der Waals surface area contributed by atoms with Gasteiger partial charge < -0.3 is 15.2 Å². The smallest absolute Gasteiger partial charge is 0.309 e. The van der Waals surface area contributed by atoms with Crippen LogP contribution in [0.3, 0.4) is 0 Å². The van der Waals surface area contributed by atoms with Gasteiger partial charge in [-0.05, 0) is 54.1 Å². The highest BCUT2D eigenvalue weighted by Crippen LogP contribution is 2.55. The summed E-state index contributed by atoms with van der Waals surface area (Å²) in [6.45, 7) is -0.378. The van der Waals surface area contributed by atoms with E-state index in [-0.39, 0.29) is 24.3 Å². The fourth-order valence-corrected chi connectivity index (χ4v) is 9.24. The van der Waals surface area contributed by atoms with Crippen LogP contribution in [0, 0.1) is 10.1 Å². The molecule has 0 spiro atoms. The summed E-state index contributed by atoms with van der Waals surface area (Å²) in [7, 11) is -2.28. The van der Waals surface area contributed by atoms with Crippen LogP contribution >= 0.6 is 30.5 Å². The van der Waals surface area contributed by atoms with Gasteiger partial charge in [0, 0.05) is 12.1 Å². The van der Waals surface area contributed by atoms with Crippen molar-refractivity contribution >= 4 is 63.9 Å². The summed E-state index contributed by atoms with van der Waals surface area (Å²) in [6, 6.07) is 34.4. The third-order valence-corrected chi connectivity index (χ3v) is 11.8. The van der Waals surface area contributed by atoms with Gasteiger partial charge in [0.2, 0.25) is 0 Å². The van der Waals surface area contributed by atoms with Crippen LogP contribution < -0.4 is 21.2 Å². The molecular weight excluding hydrogens is 610 g/mol. The molecule has 11 heteroatoms. The minimum atomic E-state index is -2.28. The highest BCUT2D eigenvalue weighted by atomic mass is 35.5. The number of nitrogens with zero attached hydrogens (tertiary/aromatic N) is 1. The summed E-state index contributed by atoms with van der Waals surface area (Å²) < 4.78 is 5.60. The maximum atomic E-state index is 13.3. The summed E-state index contributed by atoms with van der Waals surface area (Å²) in [4.78, 5) is 34.6. The lowest BCUT2D eigenvalue weighted by Crippen LogP contribution is -2.45. The summed E-state index contributed by atoms with van der Waals surface area (Å²) in [5.74, 6) is -1.30. The molecule has 0 aliphatic heterocycles. The lowest BCUT2D eigenvalue weighted by molar-refractivity contribution is -0.384. The maximum Gasteiger partial charge on any atom is 0.309 e. The Morgan fingerprint density at radius 3 is 1.70 bits per heavy atom. The highest BCUT2D eigenvalue weighted by Gasteiger charge is 2.45. The van der Waals surface area contributed by atoms with E-state index in [9.17, 15) is 24.8 Å². The molecule has 2 N–H and O–H groups in total. The Hall–Kier alpha value is -3.81. The molecule has 4 rings (SSSR count). The van der Waals surface area contributed by atoms with E-state index in [4.69, 9.17) is 27.9 Å². The van der Waals surface area contributed by atoms with Crippen LogP contribution in [0.1, 0.15) is 18.1 Å². The number of halogens is 2. The van der Waals surface area contributed by atoms with E-state index in [2.05, 4.69) is 41.7 Å². The van der Waals surface area contributed by atoms with Gasteiger partial charge in [0.15, 0.2) is 4.84 Å². The third kappa shape index (κ3) is 7.98. The molecule has 8 nitrogen and oxygen atoms in total. The summed E-state index contributed by atoms with van der Waals surface area (Å²) in [6.07, 6.45) is -0.819. The first-order chi connectivity index (χ1) is 20.7. The zero-order chi connectivity index (χ0) is 30.8. The van der Waals surface area contributed by atoms with Crippen molar-refractivity contribution in [1.82, 2.24) is 5.32 Å². The number of alkyl halides is 2. The summed E-state index contributed by atoms with van der Waals surface area (Å²) in [5.41, 5.74) is 0.112. The van der Waals surface area contributed by atoms with Gasteiger partial charge in [-0.15, -0.1) is 0 Å². The van der Waals surface area contributed by atoms with Crippen molar-refractivity contribution in [1.29, 1.82) is 0 Å². The van der Waals surface area contributed by atoms with Gasteiger partial charge in [-0.25, -0.2) is 0 Å². The second-order valence-electron chi connectivity index (χ2n) is 9.68. The molecule has 0 saturated heterocycles. The number of carbonyl (C=O) groups is 2. The first-order valence-corrected chi connectivity index (χ1v) is 16.3. The lowest BCUT2D eigenvalue weighted by Gasteiger charge is -2.28. The molecule has 0 aromatic heterocycles. The Balaban J connectivity index is 1.57. The van der Waals surface area contributed by atoms with Gasteiger partial charge in [-0.3, -0.25) is 19.7 Å².